The van der Waals surface area contributed by atoms with E-state index < -0.39 is 11.7 Å². The molecule has 2 heterocycles. The molecule has 1 aliphatic heterocycles. The van der Waals surface area contributed by atoms with E-state index in [0.29, 0.717) is 31.6 Å². The number of carbonyl (C=O) groups is 2. The number of nitrogens with zero attached hydrogens (tertiary/aromatic N) is 2. The standard InChI is InChI=1S/C25H25ClFN3O3S/c1-15(17-5-3-6-18(13-17)33-2)28-23(31)21-14-34-24(29-21)16-9-11-30(12-10-16)25(32)22-19(26)7-4-8-20(22)27/h3-8,13-16H,9-12H2,1-2H3,(H,28,31). The molecule has 3 aromatic rings. The van der Waals surface area contributed by atoms with Gasteiger partial charge in [-0.05, 0) is 49.6 Å². The van der Waals surface area contributed by atoms with Crippen LogP contribution in [0.5, 0.6) is 5.75 Å². The van der Waals surface area contributed by atoms with Crippen LogP contribution in [0.25, 0.3) is 0 Å². The molecule has 1 aromatic heterocycles. The van der Waals surface area contributed by atoms with Crippen LogP contribution in [-0.2, 0) is 0 Å². The maximum absolute atomic E-state index is 14.1. The number of aromatic nitrogens is 1. The molecule has 0 radical (unpaired) electrons. The highest BCUT2D eigenvalue weighted by atomic mass is 35.5. The summed E-state index contributed by atoms with van der Waals surface area (Å²) in [4.78, 5) is 31.7. The predicted molar refractivity (Wildman–Crippen MR) is 130 cm³/mol. The van der Waals surface area contributed by atoms with Gasteiger partial charge in [0.15, 0.2) is 0 Å². The summed E-state index contributed by atoms with van der Waals surface area (Å²) in [6.07, 6.45) is 1.37. The molecule has 178 valence electrons. The maximum Gasteiger partial charge on any atom is 0.271 e. The summed E-state index contributed by atoms with van der Waals surface area (Å²) in [7, 11) is 1.61. The third-order valence-electron chi connectivity index (χ3n) is 6.00. The van der Waals surface area contributed by atoms with Gasteiger partial charge in [-0.1, -0.05) is 29.8 Å². The summed E-state index contributed by atoms with van der Waals surface area (Å²) in [6.45, 7) is 2.86. The van der Waals surface area contributed by atoms with Crippen molar-refractivity contribution < 1.29 is 18.7 Å². The lowest BCUT2D eigenvalue weighted by atomic mass is 9.97. The first-order valence-corrected chi connectivity index (χ1v) is 12.3. The summed E-state index contributed by atoms with van der Waals surface area (Å²) < 4.78 is 19.4. The molecule has 0 bridgehead atoms. The van der Waals surface area contributed by atoms with E-state index in [2.05, 4.69) is 10.3 Å². The van der Waals surface area contributed by atoms with Crippen molar-refractivity contribution in [3.63, 3.8) is 0 Å². The average molecular weight is 502 g/mol. The van der Waals surface area contributed by atoms with Gasteiger partial charge in [-0.15, -0.1) is 11.3 Å². The second-order valence-electron chi connectivity index (χ2n) is 8.21. The number of likely N-dealkylation sites (tertiary alicyclic amines) is 1. The number of benzene rings is 2. The quantitative estimate of drug-likeness (QED) is 0.487. The minimum absolute atomic E-state index is 0.0824. The smallest absolute Gasteiger partial charge is 0.271 e. The van der Waals surface area contributed by atoms with E-state index in [9.17, 15) is 14.0 Å². The number of hydrogen-bond acceptors (Lipinski definition) is 5. The Kier molecular flexibility index (Phi) is 7.48. The largest absolute Gasteiger partial charge is 0.497 e. The minimum Gasteiger partial charge on any atom is -0.497 e. The van der Waals surface area contributed by atoms with Crippen LogP contribution < -0.4 is 10.1 Å². The van der Waals surface area contributed by atoms with Gasteiger partial charge in [0.2, 0.25) is 0 Å². The number of methoxy groups -OCH3 is 1. The lowest BCUT2D eigenvalue weighted by Gasteiger charge is -2.31. The van der Waals surface area contributed by atoms with Gasteiger partial charge in [0.25, 0.3) is 11.8 Å². The number of ether oxygens (including phenoxy) is 1. The topological polar surface area (TPSA) is 71.5 Å². The molecule has 1 atom stereocenters. The van der Waals surface area contributed by atoms with E-state index in [1.165, 1.54) is 29.5 Å². The molecular formula is C25H25ClFN3O3S. The van der Waals surface area contributed by atoms with Gasteiger partial charge in [-0.3, -0.25) is 9.59 Å². The number of hydrogen-bond donors (Lipinski definition) is 1. The molecule has 34 heavy (non-hydrogen) atoms. The molecule has 0 saturated carbocycles. The van der Waals surface area contributed by atoms with E-state index in [1.807, 2.05) is 31.2 Å². The summed E-state index contributed by atoms with van der Waals surface area (Å²) >= 11 is 7.50. The first kappa shape index (κ1) is 24.2. The van der Waals surface area contributed by atoms with Crippen molar-refractivity contribution in [2.24, 2.45) is 0 Å². The van der Waals surface area contributed by atoms with Crippen molar-refractivity contribution in [3.8, 4) is 5.75 Å². The van der Waals surface area contributed by atoms with Crippen LogP contribution in [0.4, 0.5) is 4.39 Å². The van der Waals surface area contributed by atoms with Crippen molar-refractivity contribution >= 4 is 34.8 Å². The van der Waals surface area contributed by atoms with E-state index >= 15 is 0 Å². The lowest BCUT2D eigenvalue weighted by molar-refractivity contribution is 0.0708. The number of carbonyl (C=O) groups excluding carboxylic acids is 2. The van der Waals surface area contributed by atoms with Gasteiger partial charge < -0.3 is 15.0 Å². The Bertz CT molecular complexity index is 1170. The zero-order valence-electron chi connectivity index (χ0n) is 18.9. The van der Waals surface area contributed by atoms with Gasteiger partial charge in [0, 0.05) is 24.4 Å². The Morgan fingerprint density at radius 2 is 1.97 bits per heavy atom. The van der Waals surface area contributed by atoms with Crippen LogP contribution in [-0.4, -0.2) is 41.9 Å². The summed E-state index contributed by atoms with van der Waals surface area (Å²) in [5, 5.41) is 5.73. The van der Waals surface area contributed by atoms with Crippen LogP contribution >= 0.6 is 22.9 Å². The van der Waals surface area contributed by atoms with E-state index in [-0.39, 0.29) is 28.5 Å². The fourth-order valence-corrected chi connectivity index (χ4v) is 5.25. The van der Waals surface area contributed by atoms with E-state index in [1.54, 1.807) is 17.4 Å². The Morgan fingerprint density at radius 3 is 2.68 bits per heavy atom. The Morgan fingerprint density at radius 1 is 1.24 bits per heavy atom. The predicted octanol–water partition coefficient (Wildman–Crippen LogP) is 5.46. The van der Waals surface area contributed by atoms with Gasteiger partial charge >= 0.3 is 0 Å². The molecule has 0 spiro atoms. The fourth-order valence-electron chi connectivity index (χ4n) is 4.03. The molecule has 2 amide bonds. The number of rotatable bonds is 6. The van der Waals surface area contributed by atoms with Crippen LogP contribution in [0.1, 0.15) is 63.1 Å². The maximum atomic E-state index is 14.1. The molecule has 0 aliphatic carbocycles. The first-order valence-electron chi connectivity index (χ1n) is 11.0. The average Bonchev–Trinajstić information content (AvgIpc) is 3.34. The number of halogens is 2. The zero-order valence-corrected chi connectivity index (χ0v) is 20.5. The van der Waals surface area contributed by atoms with E-state index in [4.69, 9.17) is 16.3 Å². The van der Waals surface area contributed by atoms with Gasteiger partial charge in [-0.25, -0.2) is 9.37 Å². The highest BCUT2D eigenvalue weighted by Crippen LogP contribution is 2.32. The van der Waals surface area contributed by atoms with E-state index in [0.717, 1.165) is 16.3 Å². The van der Waals surface area contributed by atoms with Gasteiger partial charge in [0.05, 0.1) is 28.7 Å². The monoisotopic (exact) mass is 501 g/mol. The number of nitrogens with one attached hydrogen (secondary N) is 1. The van der Waals surface area contributed by atoms with Crippen LogP contribution in [0, 0.1) is 5.82 Å². The molecule has 1 saturated heterocycles. The SMILES string of the molecule is COc1cccc(C(C)NC(=O)c2csc(C3CCN(C(=O)c4c(F)cccc4Cl)CC3)n2)c1. The normalized spacial score (nSPS) is 15.1. The molecule has 1 N–H and O–H groups in total. The molecule has 6 nitrogen and oxygen atoms in total. The highest BCUT2D eigenvalue weighted by molar-refractivity contribution is 7.09. The number of piperidine rings is 1. The second-order valence-corrected chi connectivity index (χ2v) is 9.50. The summed E-state index contributed by atoms with van der Waals surface area (Å²) in [5.74, 6) is -0.371. The first-order chi connectivity index (χ1) is 16.4. The fraction of sp³-hybridized carbons (Fsp3) is 0.320. The van der Waals surface area contributed by atoms with Gasteiger partial charge in [-0.2, -0.15) is 0 Å². The summed E-state index contributed by atoms with van der Waals surface area (Å²) in [6, 6.07) is 11.6. The minimum atomic E-state index is -0.613. The number of thiazole rings is 1. The van der Waals surface area contributed by atoms with Crippen molar-refractivity contribution in [1.82, 2.24) is 15.2 Å². The molecule has 1 unspecified atom stereocenters. The molecular weight excluding hydrogens is 477 g/mol. The van der Waals surface area contributed by atoms with Crippen molar-refractivity contribution in [1.29, 1.82) is 0 Å². The molecule has 2 aromatic carbocycles. The summed E-state index contributed by atoms with van der Waals surface area (Å²) in [5.41, 5.74) is 1.24. The number of amides is 2. The molecule has 4 rings (SSSR count). The van der Waals surface area contributed by atoms with Crippen LogP contribution in [0.15, 0.2) is 47.8 Å². The highest BCUT2D eigenvalue weighted by Gasteiger charge is 2.29. The zero-order chi connectivity index (χ0) is 24.2. The Hall–Kier alpha value is -2.97. The van der Waals surface area contributed by atoms with Gasteiger partial charge in [0.1, 0.15) is 17.3 Å². The second kappa shape index (κ2) is 10.5. The third-order valence-corrected chi connectivity index (χ3v) is 7.33. The molecule has 1 fully saturated rings. The molecule has 1 aliphatic rings. The molecule has 9 heteroatoms. The lowest BCUT2D eigenvalue weighted by Crippen LogP contribution is -2.38. The van der Waals surface area contributed by atoms with Crippen molar-refractivity contribution in [3.05, 3.63) is 80.5 Å². The van der Waals surface area contributed by atoms with Crippen LogP contribution in [0.3, 0.4) is 0 Å². The Balaban J connectivity index is 1.35. The Labute approximate surface area is 206 Å². The van der Waals surface area contributed by atoms with Crippen LogP contribution in [0.2, 0.25) is 5.02 Å². The third kappa shape index (κ3) is 5.23. The van der Waals surface area contributed by atoms with Crippen molar-refractivity contribution in [2.45, 2.75) is 31.7 Å². The van der Waals surface area contributed by atoms with Crippen molar-refractivity contribution in [2.75, 3.05) is 20.2 Å².